The Morgan fingerprint density at radius 1 is 1.53 bits per heavy atom. The van der Waals surface area contributed by atoms with Crippen LogP contribution in [0.3, 0.4) is 0 Å². The lowest BCUT2D eigenvalue weighted by molar-refractivity contribution is -0.385. The second-order valence-electron chi connectivity index (χ2n) is 2.87. The Balaban J connectivity index is 2.95. The highest BCUT2D eigenvalue weighted by Gasteiger charge is 2.21. The van der Waals surface area contributed by atoms with Crippen LogP contribution < -0.4 is 0 Å². The van der Waals surface area contributed by atoms with E-state index in [1.54, 1.807) is 0 Å². The lowest BCUT2D eigenvalue weighted by Gasteiger charge is -2.01. The Labute approximate surface area is 92.0 Å². The van der Waals surface area contributed by atoms with Crippen molar-refractivity contribution in [3.05, 3.63) is 44.9 Å². The van der Waals surface area contributed by atoms with E-state index in [4.69, 9.17) is 0 Å². The van der Waals surface area contributed by atoms with Crippen molar-refractivity contribution in [1.82, 2.24) is 4.98 Å². The van der Waals surface area contributed by atoms with Crippen LogP contribution in [-0.4, -0.2) is 9.91 Å². The van der Waals surface area contributed by atoms with Crippen LogP contribution in [0.15, 0.2) is 29.0 Å². The number of nitro benzene ring substituents is 1. The van der Waals surface area contributed by atoms with Gasteiger partial charge in [-0.3, -0.25) is 15.1 Å². The van der Waals surface area contributed by atoms with Gasteiger partial charge in [-0.1, -0.05) is 0 Å². The SMILES string of the molecule is O=[N+]([O-])c1c(F)c(Br)cc2cnccc12. The molecule has 0 aliphatic heterocycles. The van der Waals surface area contributed by atoms with Crippen molar-refractivity contribution < 1.29 is 9.31 Å². The third-order valence-electron chi connectivity index (χ3n) is 1.99. The van der Waals surface area contributed by atoms with Crippen molar-refractivity contribution in [2.24, 2.45) is 0 Å². The fraction of sp³-hybridized carbons (Fsp3) is 0. The quantitative estimate of drug-likeness (QED) is 0.591. The normalized spacial score (nSPS) is 10.5. The fourth-order valence-corrected chi connectivity index (χ4v) is 1.78. The summed E-state index contributed by atoms with van der Waals surface area (Å²) < 4.78 is 13.5. The molecule has 0 spiro atoms. The number of halogens is 2. The van der Waals surface area contributed by atoms with Gasteiger partial charge in [0.15, 0.2) is 0 Å². The maximum absolute atomic E-state index is 13.5. The largest absolute Gasteiger partial charge is 0.313 e. The highest BCUT2D eigenvalue weighted by molar-refractivity contribution is 9.10. The number of benzene rings is 1. The molecule has 0 aliphatic rings. The zero-order chi connectivity index (χ0) is 11.0. The molecule has 0 bridgehead atoms. The maximum atomic E-state index is 13.5. The molecule has 0 saturated carbocycles. The molecular formula is C9H4BrFN2O2. The lowest BCUT2D eigenvalue weighted by Crippen LogP contribution is -1.95. The number of nitro groups is 1. The van der Waals surface area contributed by atoms with Crippen molar-refractivity contribution in [2.75, 3.05) is 0 Å². The third-order valence-corrected chi connectivity index (χ3v) is 2.57. The monoisotopic (exact) mass is 270 g/mol. The zero-order valence-electron chi connectivity index (χ0n) is 7.28. The summed E-state index contributed by atoms with van der Waals surface area (Å²) in [6, 6.07) is 2.88. The fourth-order valence-electron chi connectivity index (χ4n) is 1.35. The van der Waals surface area contributed by atoms with Crippen LogP contribution in [0.5, 0.6) is 0 Å². The van der Waals surface area contributed by atoms with Crippen molar-refractivity contribution >= 4 is 32.4 Å². The zero-order valence-corrected chi connectivity index (χ0v) is 8.86. The first kappa shape index (κ1) is 9.97. The van der Waals surface area contributed by atoms with E-state index in [-0.39, 0.29) is 9.86 Å². The molecule has 0 fully saturated rings. The highest BCUT2D eigenvalue weighted by Crippen LogP contribution is 2.33. The van der Waals surface area contributed by atoms with Crippen LogP contribution in [0, 0.1) is 15.9 Å². The van der Waals surface area contributed by atoms with E-state index in [9.17, 15) is 14.5 Å². The van der Waals surface area contributed by atoms with Gasteiger partial charge in [0.1, 0.15) is 0 Å². The molecule has 6 heteroatoms. The molecule has 0 saturated heterocycles. The first-order chi connectivity index (χ1) is 7.11. The summed E-state index contributed by atoms with van der Waals surface area (Å²) in [6.45, 7) is 0. The van der Waals surface area contributed by atoms with Crippen molar-refractivity contribution in [2.45, 2.75) is 0 Å². The molecule has 0 atom stereocenters. The second-order valence-corrected chi connectivity index (χ2v) is 3.73. The van der Waals surface area contributed by atoms with Crippen LogP contribution in [-0.2, 0) is 0 Å². The van der Waals surface area contributed by atoms with E-state index < -0.39 is 16.4 Å². The Morgan fingerprint density at radius 2 is 2.27 bits per heavy atom. The predicted octanol–water partition coefficient (Wildman–Crippen LogP) is 3.04. The molecule has 4 nitrogen and oxygen atoms in total. The van der Waals surface area contributed by atoms with Gasteiger partial charge >= 0.3 is 5.69 Å². The Morgan fingerprint density at radius 3 is 2.93 bits per heavy atom. The topological polar surface area (TPSA) is 56.0 Å². The minimum Gasteiger partial charge on any atom is -0.264 e. The first-order valence-electron chi connectivity index (χ1n) is 3.97. The molecular weight excluding hydrogens is 267 g/mol. The van der Waals surface area contributed by atoms with Crippen LogP contribution in [0.25, 0.3) is 10.8 Å². The molecule has 76 valence electrons. The molecule has 2 rings (SSSR count). The molecule has 0 aliphatic carbocycles. The van der Waals surface area contributed by atoms with E-state index >= 15 is 0 Å². The number of hydrogen-bond donors (Lipinski definition) is 0. The molecule has 0 radical (unpaired) electrons. The van der Waals surface area contributed by atoms with Gasteiger partial charge in [-0.05, 0) is 28.1 Å². The summed E-state index contributed by atoms with van der Waals surface area (Å²) in [5.74, 6) is -0.862. The van der Waals surface area contributed by atoms with Crippen LogP contribution in [0.4, 0.5) is 10.1 Å². The number of aromatic nitrogens is 1. The van der Waals surface area contributed by atoms with Gasteiger partial charge < -0.3 is 0 Å². The number of rotatable bonds is 1. The van der Waals surface area contributed by atoms with E-state index in [0.717, 1.165) is 0 Å². The van der Waals surface area contributed by atoms with Crippen LogP contribution in [0.1, 0.15) is 0 Å². The van der Waals surface area contributed by atoms with E-state index in [1.165, 1.54) is 24.5 Å². The average molecular weight is 271 g/mol. The van der Waals surface area contributed by atoms with Gasteiger partial charge in [0.2, 0.25) is 5.82 Å². The standard InChI is InChI=1S/C9H4BrFN2O2/c10-7-3-5-4-12-2-1-6(5)9(8(7)11)13(14)15/h1-4H. The summed E-state index contributed by atoms with van der Waals surface area (Å²) in [4.78, 5) is 13.8. The molecule has 0 N–H and O–H groups in total. The van der Waals surface area contributed by atoms with E-state index in [1.807, 2.05) is 0 Å². The molecule has 0 amide bonds. The van der Waals surface area contributed by atoms with Gasteiger partial charge in [-0.25, -0.2) is 0 Å². The number of nitrogens with zero attached hydrogens (tertiary/aromatic N) is 2. The summed E-state index contributed by atoms with van der Waals surface area (Å²) in [5, 5.41) is 11.5. The van der Waals surface area contributed by atoms with Gasteiger partial charge in [0.25, 0.3) is 0 Å². The second kappa shape index (κ2) is 3.54. The minimum absolute atomic E-state index is 0.0645. The number of hydrogen-bond acceptors (Lipinski definition) is 3. The van der Waals surface area contributed by atoms with Crippen molar-refractivity contribution in [3.63, 3.8) is 0 Å². The predicted molar refractivity (Wildman–Crippen MR) is 56.1 cm³/mol. The number of fused-ring (bicyclic) bond motifs is 1. The van der Waals surface area contributed by atoms with Gasteiger partial charge in [-0.2, -0.15) is 4.39 Å². The molecule has 0 unspecified atom stereocenters. The molecule has 1 aromatic carbocycles. The van der Waals surface area contributed by atoms with Gasteiger partial charge in [-0.15, -0.1) is 0 Å². The average Bonchev–Trinajstić information content (AvgIpc) is 2.19. The van der Waals surface area contributed by atoms with Crippen molar-refractivity contribution in [3.8, 4) is 0 Å². The number of pyridine rings is 1. The van der Waals surface area contributed by atoms with E-state index in [2.05, 4.69) is 20.9 Å². The Bertz CT molecular complexity index is 559. The summed E-state index contributed by atoms with van der Waals surface area (Å²) in [7, 11) is 0. The smallest absolute Gasteiger partial charge is 0.264 e. The van der Waals surface area contributed by atoms with Crippen molar-refractivity contribution in [1.29, 1.82) is 0 Å². The molecule has 15 heavy (non-hydrogen) atoms. The molecule has 2 aromatic rings. The molecule has 1 heterocycles. The first-order valence-corrected chi connectivity index (χ1v) is 4.76. The van der Waals surface area contributed by atoms with Crippen LogP contribution in [0.2, 0.25) is 0 Å². The Kier molecular flexibility index (Phi) is 2.36. The summed E-state index contributed by atoms with van der Waals surface area (Å²) in [6.07, 6.45) is 2.84. The Hall–Kier alpha value is -1.56. The third kappa shape index (κ3) is 1.56. The summed E-state index contributed by atoms with van der Waals surface area (Å²) >= 11 is 2.93. The maximum Gasteiger partial charge on any atom is 0.313 e. The van der Waals surface area contributed by atoms with Crippen LogP contribution >= 0.6 is 15.9 Å². The summed E-state index contributed by atoms with van der Waals surface area (Å²) in [5.41, 5.74) is -0.526. The molecule has 1 aromatic heterocycles. The lowest BCUT2D eigenvalue weighted by atomic mass is 10.1. The van der Waals surface area contributed by atoms with E-state index in [0.29, 0.717) is 5.39 Å². The highest BCUT2D eigenvalue weighted by atomic mass is 79.9. The minimum atomic E-state index is -0.862. The van der Waals surface area contributed by atoms with Gasteiger partial charge in [0, 0.05) is 17.8 Å². The van der Waals surface area contributed by atoms with Gasteiger partial charge in [0.05, 0.1) is 14.8 Å².